The van der Waals surface area contributed by atoms with Crippen molar-refractivity contribution >= 4 is 23.4 Å². The molecular weight excluding hydrogens is 359 g/mol. The standard InChI is InChI=1S/C19H24ClFN2O3/c1-13(22-17(24)12-20)14-6-10-23(11-7-14)18(25)19(8-9-19)26-16-4-2-15(21)3-5-16/h2-5,13-14H,6-12H2,1H3,(H,22,24). The van der Waals surface area contributed by atoms with Crippen LogP contribution in [0.3, 0.4) is 0 Å². The summed E-state index contributed by atoms with van der Waals surface area (Å²) in [5.74, 6) is 0.334. The Balaban J connectivity index is 1.53. The molecule has 3 rings (SSSR count). The molecule has 0 aromatic heterocycles. The molecule has 1 aliphatic carbocycles. The van der Waals surface area contributed by atoms with Gasteiger partial charge in [-0.25, -0.2) is 4.39 Å². The molecule has 1 N–H and O–H groups in total. The van der Waals surface area contributed by atoms with Crippen LogP contribution in [0.2, 0.25) is 0 Å². The number of amides is 2. The van der Waals surface area contributed by atoms with Crippen LogP contribution >= 0.6 is 11.6 Å². The third-order valence-electron chi connectivity index (χ3n) is 5.26. The number of ether oxygens (including phenoxy) is 1. The van der Waals surface area contributed by atoms with Crippen LogP contribution in [0.4, 0.5) is 4.39 Å². The first kappa shape index (κ1) is 19.0. The second kappa shape index (κ2) is 7.82. The summed E-state index contributed by atoms with van der Waals surface area (Å²) in [5.41, 5.74) is -0.789. The van der Waals surface area contributed by atoms with E-state index in [2.05, 4.69) is 5.32 Å². The van der Waals surface area contributed by atoms with E-state index in [4.69, 9.17) is 16.3 Å². The largest absolute Gasteiger partial charge is 0.477 e. The molecule has 5 nitrogen and oxygen atoms in total. The van der Waals surface area contributed by atoms with Crippen molar-refractivity contribution < 1.29 is 18.7 Å². The predicted octanol–water partition coefficient (Wildman–Crippen LogP) is 2.72. The van der Waals surface area contributed by atoms with E-state index in [0.29, 0.717) is 37.6 Å². The second-order valence-corrected chi connectivity index (χ2v) is 7.44. The van der Waals surface area contributed by atoms with Crippen molar-refractivity contribution in [3.8, 4) is 5.75 Å². The van der Waals surface area contributed by atoms with Gasteiger partial charge in [-0.05, 0) is 49.9 Å². The van der Waals surface area contributed by atoms with Gasteiger partial charge in [0.2, 0.25) is 5.91 Å². The van der Waals surface area contributed by atoms with Gasteiger partial charge < -0.3 is 15.0 Å². The SMILES string of the molecule is CC(NC(=O)CCl)C1CCN(C(=O)C2(Oc3ccc(F)cc3)CC2)CC1. The maximum Gasteiger partial charge on any atom is 0.266 e. The second-order valence-electron chi connectivity index (χ2n) is 7.17. The molecule has 1 aromatic rings. The Bertz CT molecular complexity index is 655. The minimum Gasteiger partial charge on any atom is -0.477 e. The Morgan fingerprint density at radius 1 is 1.31 bits per heavy atom. The number of likely N-dealkylation sites (tertiary alicyclic amines) is 1. The van der Waals surface area contributed by atoms with Gasteiger partial charge in [-0.15, -0.1) is 11.6 Å². The molecular formula is C19H24ClFN2O3. The Morgan fingerprint density at radius 3 is 2.46 bits per heavy atom. The van der Waals surface area contributed by atoms with Crippen LogP contribution in [0, 0.1) is 11.7 Å². The topological polar surface area (TPSA) is 58.6 Å². The monoisotopic (exact) mass is 382 g/mol. The normalized spacial score (nSPS) is 20.3. The smallest absolute Gasteiger partial charge is 0.266 e. The van der Waals surface area contributed by atoms with Gasteiger partial charge in [0.05, 0.1) is 0 Å². The van der Waals surface area contributed by atoms with Gasteiger partial charge >= 0.3 is 0 Å². The van der Waals surface area contributed by atoms with E-state index < -0.39 is 5.60 Å². The van der Waals surface area contributed by atoms with Crippen molar-refractivity contribution in [2.24, 2.45) is 5.92 Å². The summed E-state index contributed by atoms with van der Waals surface area (Å²) < 4.78 is 18.9. The molecule has 0 bridgehead atoms. The lowest BCUT2D eigenvalue weighted by atomic mass is 9.90. The molecule has 1 atom stereocenters. The van der Waals surface area contributed by atoms with Crippen LogP contribution in [0.25, 0.3) is 0 Å². The van der Waals surface area contributed by atoms with Crippen LogP contribution < -0.4 is 10.1 Å². The maximum absolute atomic E-state index is 13.0. The first-order chi connectivity index (χ1) is 12.4. The van der Waals surface area contributed by atoms with E-state index in [1.165, 1.54) is 12.1 Å². The lowest BCUT2D eigenvalue weighted by Crippen LogP contribution is -2.50. The number of piperidine rings is 1. The molecule has 1 heterocycles. The average Bonchev–Trinajstić information content (AvgIpc) is 3.43. The van der Waals surface area contributed by atoms with E-state index in [9.17, 15) is 14.0 Å². The molecule has 2 amide bonds. The number of nitrogens with zero attached hydrogens (tertiary/aromatic N) is 1. The molecule has 0 radical (unpaired) electrons. The minimum absolute atomic E-state index is 0.0118. The summed E-state index contributed by atoms with van der Waals surface area (Å²) in [5, 5.41) is 2.89. The third-order valence-corrected chi connectivity index (χ3v) is 5.51. The van der Waals surface area contributed by atoms with Crippen LogP contribution in [0.15, 0.2) is 24.3 Å². The van der Waals surface area contributed by atoms with E-state index >= 15 is 0 Å². The summed E-state index contributed by atoms with van der Waals surface area (Å²) in [6.07, 6.45) is 3.04. The van der Waals surface area contributed by atoms with Crippen LogP contribution in [0.5, 0.6) is 5.75 Å². The molecule has 142 valence electrons. The molecule has 1 unspecified atom stereocenters. The Labute approximate surface area is 157 Å². The summed E-state index contributed by atoms with van der Waals surface area (Å²) in [7, 11) is 0. The molecule has 1 saturated carbocycles. The molecule has 7 heteroatoms. The van der Waals surface area contributed by atoms with Crippen molar-refractivity contribution in [2.75, 3.05) is 19.0 Å². The zero-order valence-electron chi connectivity index (χ0n) is 14.8. The van der Waals surface area contributed by atoms with Crippen LogP contribution in [-0.2, 0) is 9.59 Å². The average molecular weight is 383 g/mol. The number of carbonyl (C=O) groups is 2. The van der Waals surface area contributed by atoms with E-state index in [1.54, 1.807) is 12.1 Å². The van der Waals surface area contributed by atoms with Crippen molar-refractivity contribution in [2.45, 2.75) is 44.2 Å². The third kappa shape index (κ3) is 4.29. The number of hydrogen-bond acceptors (Lipinski definition) is 3. The van der Waals surface area contributed by atoms with Crippen molar-refractivity contribution in [1.82, 2.24) is 10.2 Å². The lowest BCUT2D eigenvalue weighted by Gasteiger charge is -2.36. The van der Waals surface area contributed by atoms with E-state index in [1.807, 2.05) is 11.8 Å². The molecule has 2 fully saturated rings. The number of benzene rings is 1. The fourth-order valence-electron chi connectivity index (χ4n) is 3.50. The van der Waals surface area contributed by atoms with Gasteiger partial charge in [-0.1, -0.05) is 0 Å². The highest BCUT2D eigenvalue weighted by Crippen LogP contribution is 2.42. The maximum atomic E-state index is 13.0. The molecule has 1 saturated heterocycles. The van der Waals surface area contributed by atoms with Crippen LogP contribution in [-0.4, -0.2) is 47.3 Å². The summed E-state index contributed by atoms with van der Waals surface area (Å²) >= 11 is 5.53. The van der Waals surface area contributed by atoms with E-state index in [0.717, 1.165) is 12.8 Å². The number of alkyl halides is 1. The minimum atomic E-state index is -0.789. The van der Waals surface area contributed by atoms with Gasteiger partial charge in [0.1, 0.15) is 17.4 Å². The van der Waals surface area contributed by atoms with Crippen molar-refractivity contribution in [1.29, 1.82) is 0 Å². The molecule has 26 heavy (non-hydrogen) atoms. The molecule has 1 aromatic carbocycles. The van der Waals surface area contributed by atoms with Gasteiger partial charge in [0.25, 0.3) is 5.91 Å². The van der Waals surface area contributed by atoms with Crippen molar-refractivity contribution in [3.63, 3.8) is 0 Å². The quantitative estimate of drug-likeness (QED) is 0.769. The summed E-state index contributed by atoms with van der Waals surface area (Å²) in [4.78, 5) is 26.2. The fraction of sp³-hybridized carbons (Fsp3) is 0.579. The highest BCUT2D eigenvalue weighted by atomic mass is 35.5. The lowest BCUT2D eigenvalue weighted by molar-refractivity contribution is -0.142. The first-order valence-corrected chi connectivity index (χ1v) is 9.56. The highest BCUT2D eigenvalue weighted by Gasteiger charge is 2.55. The van der Waals surface area contributed by atoms with E-state index in [-0.39, 0.29) is 29.6 Å². The Kier molecular flexibility index (Phi) is 5.70. The Morgan fingerprint density at radius 2 is 1.92 bits per heavy atom. The summed E-state index contributed by atoms with van der Waals surface area (Å²) in [6, 6.07) is 5.81. The number of halogens is 2. The zero-order chi connectivity index (χ0) is 18.7. The number of rotatable bonds is 6. The van der Waals surface area contributed by atoms with Crippen molar-refractivity contribution in [3.05, 3.63) is 30.1 Å². The van der Waals surface area contributed by atoms with Gasteiger partial charge in [0, 0.05) is 32.0 Å². The number of hydrogen-bond donors (Lipinski definition) is 1. The first-order valence-electron chi connectivity index (χ1n) is 9.03. The fourth-order valence-corrected chi connectivity index (χ4v) is 3.58. The molecule has 1 aliphatic heterocycles. The van der Waals surface area contributed by atoms with Gasteiger partial charge in [0.15, 0.2) is 5.60 Å². The van der Waals surface area contributed by atoms with Crippen LogP contribution in [0.1, 0.15) is 32.6 Å². The van der Waals surface area contributed by atoms with Gasteiger partial charge in [-0.2, -0.15) is 0 Å². The predicted molar refractivity (Wildman–Crippen MR) is 96.6 cm³/mol. The molecule has 2 aliphatic rings. The van der Waals surface area contributed by atoms with Gasteiger partial charge in [-0.3, -0.25) is 9.59 Å². The molecule has 0 spiro atoms. The number of nitrogens with one attached hydrogen (secondary N) is 1. The number of carbonyl (C=O) groups excluding carboxylic acids is 2. The zero-order valence-corrected chi connectivity index (χ0v) is 15.6. The highest BCUT2D eigenvalue weighted by molar-refractivity contribution is 6.27. The Hall–Kier alpha value is -1.82. The summed E-state index contributed by atoms with van der Waals surface area (Å²) in [6.45, 7) is 3.28.